The van der Waals surface area contributed by atoms with Gasteiger partial charge in [0.05, 0.1) is 4.47 Å². The Hall–Kier alpha value is -0.900. The molecule has 0 aliphatic rings. The molecular weight excluding hydrogens is 230 g/mol. The molecule has 13 heavy (non-hydrogen) atoms. The van der Waals surface area contributed by atoms with Crippen LogP contribution >= 0.6 is 15.9 Å². The molecule has 2 rings (SSSR count). The highest BCUT2D eigenvalue weighted by atomic mass is 79.9. The molecule has 68 valence electrons. The molecular formula is C9H10BrN3. The quantitative estimate of drug-likeness (QED) is 0.766. The van der Waals surface area contributed by atoms with Crippen LogP contribution in [0, 0.1) is 0 Å². The van der Waals surface area contributed by atoms with E-state index in [-0.39, 0.29) is 0 Å². The third-order valence-corrected chi connectivity index (χ3v) is 2.55. The highest BCUT2D eigenvalue weighted by Crippen LogP contribution is 2.19. The van der Waals surface area contributed by atoms with Crippen molar-refractivity contribution in [3.8, 4) is 0 Å². The first-order chi connectivity index (χ1) is 6.20. The molecule has 0 N–H and O–H groups in total. The second kappa shape index (κ2) is 3.10. The molecule has 2 heterocycles. The summed E-state index contributed by atoms with van der Waals surface area (Å²) in [5.41, 5.74) is 0.881. The zero-order valence-electron chi connectivity index (χ0n) is 7.53. The van der Waals surface area contributed by atoms with Gasteiger partial charge in [0.25, 0.3) is 0 Å². The van der Waals surface area contributed by atoms with Crippen LogP contribution in [0.2, 0.25) is 0 Å². The molecule has 0 aromatic carbocycles. The zero-order valence-corrected chi connectivity index (χ0v) is 9.12. The van der Waals surface area contributed by atoms with E-state index in [0.717, 1.165) is 15.9 Å². The van der Waals surface area contributed by atoms with Gasteiger partial charge < -0.3 is 0 Å². The molecule has 0 unspecified atom stereocenters. The zero-order chi connectivity index (χ0) is 9.42. The van der Waals surface area contributed by atoms with Crippen LogP contribution in [-0.2, 0) is 0 Å². The summed E-state index contributed by atoms with van der Waals surface area (Å²) < 4.78 is 2.99. The van der Waals surface area contributed by atoms with Crippen molar-refractivity contribution in [2.24, 2.45) is 0 Å². The molecule has 0 atom stereocenters. The highest BCUT2D eigenvalue weighted by molar-refractivity contribution is 9.10. The lowest BCUT2D eigenvalue weighted by atomic mass is 10.2. The number of halogens is 1. The van der Waals surface area contributed by atoms with Crippen molar-refractivity contribution >= 4 is 21.6 Å². The predicted octanol–water partition coefficient (Wildman–Crippen LogP) is 2.62. The molecule has 0 bridgehead atoms. The Labute approximate surface area is 84.9 Å². The van der Waals surface area contributed by atoms with Crippen molar-refractivity contribution in [2.45, 2.75) is 19.8 Å². The standard InChI is InChI=1S/C9H10BrN3/c1-6(2)8-11-12-9-7(10)4-3-5-13(8)9/h3-6H,1-2H3. The van der Waals surface area contributed by atoms with Gasteiger partial charge in [0.2, 0.25) is 0 Å². The maximum absolute atomic E-state index is 4.14. The van der Waals surface area contributed by atoms with E-state index in [4.69, 9.17) is 0 Å². The number of pyridine rings is 1. The van der Waals surface area contributed by atoms with Gasteiger partial charge in [-0.25, -0.2) is 0 Å². The normalized spacial score (nSPS) is 11.4. The lowest BCUT2D eigenvalue weighted by Gasteiger charge is -2.01. The molecule has 0 fully saturated rings. The molecule has 0 amide bonds. The van der Waals surface area contributed by atoms with Crippen LogP contribution < -0.4 is 0 Å². The predicted molar refractivity (Wildman–Crippen MR) is 54.8 cm³/mol. The molecule has 0 aliphatic heterocycles. The van der Waals surface area contributed by atoms with Gasteiger partial charge >= 0.3 is 0 Å². The molecule has 3 nitrogen and oxygen atoms in total. The Morgan fingerprint density at radius 2 is 2.15 bits per heavy atom. The number of rotatable bonds is 1. The molecule has 0 saturated carbocycles. The minimum atomic E-state index is 0.393. The van der Waals surface area contributed by atoms with Crippen LogP contribution in [0.1, 0.15) is 25.6 Å². The van der Waals surface area contributed by atoms with Crippen LogP contribution in [0.25, 0.3) is 5.65 Å². The van der Waals surface area contributed by atoms with Crippen molar-refractivity contribution in [2.75, 3.05) is 0 Å². The van der Waals surface area contributed by atoms with Gasteiger partial charge in [-0.15, -0.1) is 10.2 Å². The lowest BCUT2D eigenvalue weighted by molar-refractivity contribution is 0.759. The number of fused-ring (bicyclic) bond motifs is 1. The fourth-order valence-corrected chi connectivity index (χ4v) is 1.72. The van der Waals surface area contributed by atoms with E-state index in [9.17, 15) is 0 Å². The summed E-state index contributed by atoms with van der Waals surface area (Å²) in [6.45, 7) is 4.22. The summed E-state index contributed by atoms with van der Waals surface area (Å²) in [4.78, 5) is 0. The van der Waals surface area contributed by atoms with E-state index in [1.807, 2.05) is 22.7 Å². The van der Waals surface area contributed by atoms with E-state index in [2.05, 4.69) is 40.0 Å². The molecule has 2 aromatic rings. The van der Waals surface area contributed by atoms with Crippen LogP contribution in [-0.4, -0.2) is 14.6 Å². The Bertz CT molecular complexity index is 433. The van der Waals surface area contributed by atoms with E-state index in [0.29, 0.717) is 5.92 Å². The largest absolute Gasteiger partial charge is 0.285 e. The summed E-state index contributed by atoms with van der Waals surface area (Å²) in [7, 11) is 0. The van der Waals surface area contributed by atoms with Crippen molar-refractivity contribution in [1.29, 1.82) is 0 Å². The number of aromatic nitrogens is 3. The second-order valence-electron chi connectivity index (χ2n) is 3.26. The van der Waals surface area contributed by atoms with Gasteiger partial charge in [0.1, 0.15) is 5.82 Å². The van der Waals surface area contributed by atoms with Gasteiger partial charge in [-0.2, -0.15) is 0 Å². The summed E-state index contributed by atoms with van der Waals surface area (Å²) in [5.74, 6) is 1.39. The topological polar surface area (TPSA) is 30.2 Å². The van der Waals surface area contributed by atoms with Crippen LogP contribution in [0.4, 0.5) is 0 Å². The summed E-state index contributed by atoms with van der Waals surface area (Å²) in [5, 5.41) is 8.24. The van der Waals surface area contributed by atoms with Gasteiger partial charge in [-0.05, 0) is 28.1 Å². The van der Waals surface area contributed by atoms with Crippen molar-refractivity contribution in [1.82, 2.24) is 14.6 Å². The van der Waals surface area contributed by atoms with Gasteiger partial charge in [0.15, 0.2) is 5.65 Å². The first-order valence-corrected chi connectivity index (χ1v) is 4.98. The van der Waals surface area contributed by atoms with E-state index in [1.54, 1.807) is 0 Å². The Morgan fingerprint density at radius 1 is 1.38 bits per heavy atom. The van der Waals surface area contributed by atoms with E-state index < -0.39 is 0 Å². The Kier molecular flexibility index (Phi) is 2.07. The monoisotopic (exact) mass is 239 g/mol. The fraction of sp³-hybridized carbons (Fsp3) is 0.333. The maximum Gasteiger partial charge on any atom is 0.175 e. The number of hydrogen-bond donors (Lipinski definition) is 0. The molecule has 0 spiro atoms. The summed E-state index contributed by atoms with van der Waals surface area (Å²) in [6.07, 6.45) is 1.98. The third-order valence-electron chi connectivity index (χ3n) is 1.93. The van der Waals surface area contributed by atoms with Crippen molar-refractivity contribution < 1.29 is 0 Å². The molecule has 4 heteroatoms. The van der Waals surface area contributed by atoms with Crippen LogP contribution in [0.15, 0.2) is 22.8 Å². The Balaban J connectivity index is 2.75. The summed E-state index contributed by atoms with van der Waals surface area (Å²) >= 11 is 3.44. The molecule has 0 radical (unpaired) electrons. The van der Waals surface area contributed by atoms with Crippen LogP contribution in [0.3, 0.4) is 0 Å². The molecule has 0 aliphatic carbocycles. The molecule has 2 aromatic heterocycles. The third kappa shape index (κ3) is 1.35. The molecule has 0 saturated heterocycles. The number of hydrogen-bond acceptors (Lipinski definition) is 2. The minimum absolute atomic E-state index is 0.393. The van der Waals surface area contributed by atoms with Crippen molar-refractivity contribution in [3.63, 3.8) is 0 Å². The second-order valence-corrected chi connectivity index (χ2v) is 4.12. The smallest absolute Gasteiger partial charge is 0.175 e. The SMILES string of the molecule is CC(C)c1nnc2c(Br)cccn12. The minimum Gasteiger partial charge on any atom is -0.285 e. The van der Waals surface area contributed by atoms with E-state index in [1.165, 1.54) is 0 Å². The highest BCUT2D eigenvalue weighted by Gasteiger charge is 2.09. The summed E-state index contributed by atoms with van der Waals surface area (Å²) in [6, 6.07) is 3.94. The average Bonchev–Trinajstić information content (AvgIpc) is 2.48. The van der Waals surface area contributed by atoms with Crippen molar-refractivity contribution in [3.05, 3.63) is 28.6 Å². The number of nitrogens with zero attached hydrogens (tertiary/aromatic N) is 3. The fourth-order valence-electron chi connectivity index (χ4n) is 1.30. The lowest BCUT2D eigenvalue weighted by Crippen LogP contribution is -1.96. The Morgan fingerprint density at radius 3 is 2.85 bits per heavy atom. The maximum atomic E-state index is 4.14. The van der Waals surface area contributed by atoms with Crippen LogP contribution in [0.5, 0.6) is 0 Å². The average molecular weight is 240 g/mol. The first-order valence-electron chi connectivity index (χ1n) is 4.19. The van der Waals surface area contributed by atoms with Gasteiger partial charge in [-0.3, -0.25) is 4.40 Å². The van der Waals surface area contributed by atoms with E-state index >= 15 is 0 Å². The first kappa shape index (κ1) is 8.69. The van der Waals surface area contributed by atoms with Gasteiger partial charge in [0, 0.05) is 12.1 Å². The van der Waals surface area contributed by atoms with Gasteiger partial charge in [-0.1, -0.05) is 13.8 Å².